The topological polar surface area (TPSA) is 27.6 Å². The maximum absolute atomic E-state index is 13.6. The summed E-state index contributed by atoms with van der Waals surface area (Å²) in [5.74, 6) is -0.250. The Kier molecular flexibility index (Phi) is 5.27. The first-order chi connectivity index (χ1) is 10.1. The van der Waals surface area contributed by atoms with Crippen molar-refractivity contribution in [2.75, 3.05) is 14.1 Å². The minimum Gasteiger partial charge on any atom is -0.352 e. The van der Waals surface area contributed by atoms with Crippen LogP contribution in [0.1, 0.15) is 11.1 Å². The summed E-state index contributed by atoms with van der Waals surface area (Å²) >= 11 is 1.64. The number of halogens is 2. The van der Waals surface area contributed by atoms with E-state index < -0.39 is 11.6 Å². The molecule has 0 spiro atoms. The van der Waals surface area contributed by atoms with Crippen LogP contribution in [-0.4, -0.2) is 25.0 Å². The van der Waals surface area contributed by atoms with Gasteiger partial charge in [-0.1, -0.05) is 0 Å². The number of nitrogens with one attached hydrogen (secondary N) is 1. The Hall–Kier alpha value is -1.95. The van der Waals surface area contributed by atoms with Crippen molar-refractivity contribution in [3.8, 4) is 0 Å². The van der Waals surface area contributed by atoms with Crippen molar-refractivity contribution in [2.45, 2.75) is 13.1 Å². The second-order valence-electron chi connectivity index (χ2n) is 4.62. The van der Waals surface area contributed by atoms with Crippen LogP contribution in [0.5, 0.6) is 0 Å². The van der Waals surface area contributed by atoms with Gasteiger partial charge in [0.1, 0.15) is 11.6 Å². The average Bonchev–Trinajstić information content (AvgIpc) is 2.96. The van der Waals surface area contributed by atoms with Gasteiger partial charge in [0.05, 0.1) is 0 Å². The van der Waals surface area contributed by atoms with Crippen LogP contribution < -0.4 is 5.32 Å². The lowest BCUT2D eigenvalue weighted by atomic mass is 10.2. The van der Waals surface area contributed by atoms with Crippen LogP contribution >= 0.6 is 11.3 Å². The summed E-state index contributed by atoms with van der Waals surface area (Å²) in [5, 5.41) is 7.12. The summed E-state index contributed by atoms with van der Waals surface area (Å²) in [4.78, 5) is 6.08. The maximum atomic E-state index is 13.6. The first-order valence-electron chi connectivity index (χ1n) is 6.47. The minimum absolute atomic E-state index is 0.185. The van der Waals surface area contributed by atoms with Crippen molar-refractivity contribution in [1.29, 1.82) is 0 Å². The van der Waals surface area contributed by atoms with E-state index in [1.165, 1.54) is 11.6 Å². The summed E-state index contributed by atoms with van der Waals surface area (Å²) in [7, 11) is 3.56. The fraction of sp³-hybridized carbons (Fsp3) is 0.267. The number of hydrogen-bond donors (Lipinski definition) is 1. The predicted molar refractivity (Wildman–Crippen MR) is 82.3 cm³/mol. The van der Waals surface area contributed by atoms with Crippen LogP contribution in [0.4, 0.5) is 8.78 Å². The summed E-state index contributed by atoms with van der Waals surface area (Å²) < 4.78 is 26.7. The number of nitrogens with zero attached hydrogens (tertiary/aromatic N) is 2. The second-order valence-corrected chi connectivity index (χ2v) is 5.40. The standard InChI is InChI=1S/C15H17F2N3S/c1-18-15(20(2)9-11-5-6-21-10-11)19-8-12-7-13(16)3-4-14(12)17/h3-7,10H,8-9H2,1-2H3,(H,18,19). The number of hydrogen-bond acceptors (Lipinski definition) is 2. The molecule has 0 radical (unpaired) electrons. The highest BCUT2D eigenvalue weighted by atomic mass is 32.1. The highest BCUT2D eigenvalue weighted by molar-refractivity contribution is 7.07. The largest absolute Gasteiger partial charge is 0.352 e. The summed E-state index contributed by atoms with van der Waals surface area (Å²) in [6.07, 6.45) is 0. The van der Waals surface area contributed by atoms with Crippen molar-refractivity contribution >= 4 is 17.3 Å². The third-order valence-electron chi connectivity index (χ3n) is 3.02. The van der Waals surface area contributed by atoms with Gasteiger partial charge in [-0.05, 0) is 40.6 Å². The van der Waals surface area contributed by atoms with Gasteiger partial charge in [-0.3, -0.25) is 4.99 Å². The molecule has 1 aromatic heterocycles. The van der Waals surface area contributed by atoms with Crippen LogP contribution in [-0.2, 0) is 13.1 Å². The molecule has 21 heavy (non-hydrogen) atoms. The molecule has 1 heterocycles. The van der Waals surface area contributed by atoms with Crippen LogP contribution in [0.25, 0.3) is 0 Å². The van der Waals surface area contributed by atoms with Crippen LogP contribution in [0.2, 0.25) is 0 Å². The van der Waals surface area contributed by atoms with Gasteiger partial charge in [0.25, 0.3) is 0 Å². The lowest BCUT2D eigenvalue weighted by Crippen LogP contribution is -2.38. The molecule has 3 nitrogen and oxygen atoms in total. The van der Waals surface area contributed by atoms with E-state index in [1.807, 2.05) is 23.4 Å². The first kappa shape index (κ1) is 15.4. The van der Waals surface area contributed by atoms with E-state index in [0.29, 0.717) is 12.5 Å². The molecule has 0 saturated carbocycles. The van der Waals surface area contributed by atoms with Gasteiger partial charge in [-0.25, -0.2) is 8.78 Å². The Bertz CT molecular complexity index is 611. The molecule has 0 aliphatic rings. The number of thiophene rings is 1. The Balaban J connectivity index is 1.98. The molecule has 112 valence electrons. The highest BCUT2D eigenvalue weighted by Gasteiger charge is 2.09. The zero-order chi connectivity index (χ0) is 15.2. The summed E-state index contributed by atoms with van der Waals surface area (Å²) in [5.41, 5.74) is 1.46. The van der Waals surface area contributed by atoms with E-state index in [4.69, 9.17) is 0 Å². The molecule has 0 aliphatic heterocycles. The average molecular weight is 309 g/mol. The van der Waals surface area contributed by atoms with Crippen LogP contribution in [0, 0.1) is 11.6 Å². The van der Waals surface area contributed by atoms with E-state index in [9.17, 15) is 8.78 Å². The zero-order valence-electron chi connectivity index (χ0n) is 11.9. The molecule has 1 aromatic carbocycles. The van der Waals surface area contributed by atoms with Crippen molar-refractivity contribution in [3.05, 3.63) is 57.8 Å². The van der Waals surface area contributed by atoms with Crippen molar-refractivity contribution in [3.63, 3.8) is 0 Å². The number of rotatable bonds is 4. The normalized spacial score (nSPS) is 11.5. The molecule has 0 saturated heterocycles. The van der Waals surface area contributed by atoms with Crippen molar-refractivity contribution < 1.29 is 8.78 Å². The molecular weight excluding hydrogens is 292 g/mol. The molecule has 0 bridgehead atoms. The minimum atomic E-state index is -0.449. The Labute approximate surface area is 126 Å². The summed E-state index contributed by atoms with van der Waals surface area (Å²) in [6.45, 7) is 0.888. The maximum Gasteiger partial charge on any atom is 0.193 e. The molecular formula is C15H17F2N3S. The Morgan fingerprint density at radius 1 is 1.33 bits per heavy atom. The lowest BCUT2D eigenvalue weighted by molar-refractivity contribution is 0.475. The lowest BCUT2D eigenvalue weighted by Gasteiger charge is -2.21. The quantitative estimate of drug-likeness (QED) is 0.693. The fourth-order valence-electron chi connectivity index (χ4n) is 1.97. The van der Waals surface area contributed by atoms with Gasteiger partial charge in [0.2, 0.25) is 0 Å². The molecule has 2 aromatic rings. The van der Waals surface area contributed by atoms with Gasteiger partial charge >= 0.3 is 0 Å². The van der Waals surface area contributed by atoms with E-state index in [2.05, 4.69) is 15.7 Å². The van der Waals surface area contributed by atoms with Crippen molar-refractivity contribution in [2.24, 2.45) is 4.99 Å². The van der Waals surface area contributed by atoms with Gasteiger partial charge in [-0.2, -0.15) is 11.3 Å². The smallest absolute Gasteiger partial charge is 0.193 e. The SMILES string of the molecule is CN=C(NCc1cc(F)ccc1F)N(C)Cc1ccsc1. The molecule has 0 unspecified atom stereocenters. The van der Waals surface area contributed by atoms with E-state index in [-0.39, 0.29) is 12.1 Å². The molecule has 0 amide bonds. The third kappa shape index (κ3) is 4.26. The Morgan fingerprint density at radius 2 is 2.14 bits per heavy atom. The number of guanidine groups is 1. The molecule has 2 rings (SSSR count). The van der Waals surface area contributed by atoms with Crippen LogP contribution in [0.3, 0.4) is 0 Å². The van der Waals surface area contributed by atoms with Crippen molar-refractivity contribution in [1.82, 2.24) is 10.2 Å². The second kappa shape index (κ2) is 7.17. The first-order valence-corrected chi connectivity index (χ1v) is 7.41. The van der Waals surface area contributed by atoms with Gasteiger partial charge < -0.3 is 10.2 Å². The molecule has 0 fully saturated rings. The predicted octanol–water partition coefficient (Wildman–Crippen LogP) is 3.23. The highest BCUT2D eigenvalue weighted by Crippen LogP contribution is 2.11. The van der Waals surface area contributed by atoms with E-state index >= 15 is 0 Å². The number of benzene rings is 1. The van der Waals surface area contributed by atoms with Gasteiger partial charge in [0, 0.05) is 32.7 Å². The fourth-order valence-corrected chi connectivity index (χ4v) is 2.63. The Morgan fingerprint density at radius 3 is 2.81 bits per heavy atom. The monoisotopic (exact) mass is 309 g/mol. The van der Waals surface area contributed by atoms with E-state index in [1.54, 1.807) is 18.4 Å². The van der Waals surface area contributed by atoms with Crippen LogP contribution in [0.15, 0.2) is 40.0 Å². The van der Waals surface area contributed by atoms with Gasteiger partial charge in [-0.15, -0.1) is 0 Å². The van der Waals surface area contributed by atoms with E-state index in [0.717, 1.165) is 12.1 Å². The summed E-state index contributed by atoms with van der Waals surface area (Å²) in [6, 6.07) is 5.47. The molecule has 0 aliphatic carbocycles. The zero-order valence-corrected chi connectivity index (χ0v) is 12.8. The molecule has 0 atom stereocenters. The molecule has 1 N–H and O–H groups in total. The molecule has 6 heteroatoms. The third-order valence-corrected chi connectivity index (χ3v) is 3.75. The number of aliphatic imine (C=N–C) groups is 1. The van der Waals surface area contributed by atoms with Gasteiger partial charge in [0.15, 0.2) is 5.96 Å².